The number of oxazole rings is 1. The van der Waals surface area contributed by atoms with E-state index >= 15 is 0 Å². The van der Waals surface area contributed by atoms with Crippen molar-refractivity contribution in [1.82, 2.24) is 10.3 Å². The molecule has 21 heavy (non-hydrogen) atoms. The second-order valence-electron chi connectivity index (χ2n) is 4.88. The number of para-hydroxylation sites is 1. The van der Waals surface area contributed by atoms with E-state index in [4.69, 9.17) is 4.42 Å². The monoisotopic (exact) mass is 280 g/mol. The van der Waals surface area contributed by atoms with Crippen LogP contribution in [0.5, 0.6) is 0 Å². The van der Waals surface area contributed by atoms with Crippen LogP contribution in [-0.4, -0.2) is 17.4 Å². The molecule has 3 rings (SSSR count). The largest absolute Gasteiger partial charge is 0.440 e. The standard InChI is InChI=1S/C17H16N2O2/c1-12-19-15-9-5-8-14(16(15)21-12)17(20)18-11-10-13-6-3-2-4-7-13/h2-9H,10-11H2,1H3,(H,18,20). The third kappa shape index (κ3) is 2.94. The molecule has 0 aliphatic heterocycles. The van der Waals surface area contributed by atoms with E-state index in [0.29, 0.717) is 29.1 Å². The molecule has 1 aromatic heterocycles. The number of aryl methyl sites for hydroxylation is 1. The van der Waals surface area contributed by atoms with Crippen molar-refractivity contribution >= 4 is 17.0 Å². The van der Waals surface area contributed by atoms with Crippen molar-refractivity contribution < 1.29 is 9.21 Å². The number of benzene rings is 2. The minimum atomic E-state index is -0.132. The summed E-state index contributed by atoms with van der Waals surface area (Å²) in [5.41, 5.74) is 2.99. The molecule has 0 atom stereocenters. The molecule has 0 fully saturated rings. The molecule has 0 bridgehead atoms. The highest BCUT2D eigenvalue weighted by Gasteiger charge is 2.13. The van der Waals surface area contributed by atoms with Gasteiger partial charge in [-0.15, -0.1) is 0 Å². The van der Waals surface area contributed by atoms with Gasteiger partial charge in [-0.2, -0.15) is 0 Å². The van der Waals surface area contributed by atoms with Gasteiger partial charge < -0.3 is 9.73 Å². The fourth-order valence-corrected chi connectivity index (χ4v) is 2.30. The summed E-state index contributed by atoms with van der Waals surface area (Å²) in [6.07, 6.45) is 0.804. The molecule has 2 aromatic carbocycles. The van der Waals surface area contributed by atoms with Gasteiger partial charge in [-0.1, -0.05) is 36.4 Å². The summed E-state index contributed by atoms with van der Waals surface area (Å²) in [6.45, 7) is 2.36. The molecule has 1 heterocycles. The Morgan fingerprint density at radius 1 is 1.14 bits per heavy atom. The Kier molecular flexibility index (Phi) is 3.69. The zero-order valence-corrected chi connectivity index (χ0v) is 11.8. The van der Waals surface area contributed by atoms with E-state index in [-0.39, 0.29) is 5.91 Å². The van der Waals surface area contributed by atoms with Gasteiger partial charge in [-0.05, 0) is 24.1 Å². The lowest BCUT2D eigenvalue weighted by molar-refractivity contribution is 0.0955. The number of carbonyl (C=O) groups is 1. The average Bonchev–Trinajstić information content (AvgIpc) is 2.88. The molecule has 1 amide bonds. The molecule has 4 nitrogen and oxygen atoms in total. The Balaban J connectivity index is 1.70. The van der Waals surface area contributed by atoms with Crippen molar-refractivity contribution in [2.75, 3.05) is 6.54 Å². The van der Waals surface area contributed by atoms with Crippen molar-refractivity contribution in [2.45, 2.75) is 13.3 Å². The normalized spacial score (nSPS) is 10.7. The number of rotatable bonds is 4. The van der Waals surface area contributed by atoms with Gasteiger partial charge in [0.25, 0.3) is 5.91 Å². The van der Waals surface area contributed by atoms with Gasteiger partial charge in [0, 0.05) is 13.5 Å². The molecule has 106 valence electrons. The van der Waals surface area contributed by atoms with Crippen LogP contribution in [-0.2, 0) is 6.42 Å². The first-order chi connectivity index (χ1) is 10.2. The third-order valence-electron chi connectivity index (χ3n) is 3.31. The minimum Gasteiger partial charge on any atom is -0.440 e. The van der Waals surface area contributed by atoms with Crippen molar-refractivity contribution in [2.24, 2.45) is 0 Å². The van der Waals surface area contributed by atoms with E-state index in [1.54, 1.807) is 13.0 Å². The van der Waals surface area contributed by atoms with Crippen LogP contribution in [0.1, 0.15) is 21.8 Å². The molecular weight excluding hydrogens is 264 g/mol. The van der Waals surface area contributed by atoms with Gasteiger partial charge in [0.2, 0.25) is 0 Å². The van der Waals surface area contributed by atoms with Crippen LogP contribution in [0.2, 0.25) is 0 Å². The van der Waals surface area contributed by atoms with Crippen molar-refractivity contribution in [3.8, 4) is 0 Å². The fourth-order valence-electron chi connectivity index (χ4n) is 2.30. The number of carbonyl (C=O) groups excluding carboxylic acids is 1. The maximum atomic E-state index is 12.3. The van der Waals surface area contributed by atoms with Crippen molar-refractivity contribution in [3.05, 3.63) is 65.5 Å². The molecule has 4 heteroatoms. The lowest BCUT2D eigenvalue weighted by Gasteiger charge is -2.05. The molecule has 3 aromatic rings. The number of fused-ring (bicyclic) bond motifs is 1. The molecule has 0 saturated heterocycles. The van der Waals surface area contributed by atoms with Crippen LogP contribution in [0.4, 0.5) is 0 Å². The van der Waals surface area contributed by atoms with Gasteiger partial charge in [-0.25, -0.2) is 4.98 Å². The molecule has 0 aliphatic carbocycles. The molecule has 1 N–H and O–H groups in total. The van der Waals surface area contributed by atoms with E-state index in [0.717, 1.165) is 6.42 Å². The molecule has 0 radical (unpaired) electrons. The third-order valence-corrected chi connectivity index (χ3v) is 3.31. The summed E-state index contributed by atoms with van der Waals surface area (Å²) in [6, 6.07) is 15.5. The van der Waals surface area contributed by atoms with Crippen LogP contribution in [0.3, 0.4) is 0 Å². The SMILES string of the molecule is Cc1nc2cccc(C(=O)NCCc3ccccc3)c2o1. The Labute approximate surface area is 122 Å². The minimum absolute atomic E-state index is 0.132. The lowest BCUT2D eigenvalue weighted by atomic mass is 10.1. The first-order valence-electron chi connectivity index (χ1n) is 6.92. The highest BCUT2D eigenvalue weighted by molar-refractivity contribution is 6.04. The lowest BCUT2D eigenvalue weighted by Crippen LogP contribution is -2.25. The second-order valence-corrected chi connectivity index (χ2v) is 4.88. The summed E-state index contributed by atoms with van der Waals surface area (Å²) >= 11 is 0. The Morgan fingerprint density at radius 2 is 1.95 bits per heavy atom. The van der Waals surface area contributed by atoms with Crippen molar-refractivity contribution in [3.63, 3.8) is 0 Å². The Bertz CT molecular complexity index is 763. The summed E-state index contributed by atoms with van der Waals surface area (Å²) < 4.78 is 5.51. The molecule has 0 saturated carbocycles. The van der Waals surface area contributed by atoms with E-state index < -0.39 is 0 Å². The van der Waals surface area contributed by atoms with Crippen LogP contribution in [0.25, 0.3) is 11.1 Å². The van der Waals surface area contributed by atoms with Crippen LogP contribution in [0, 0.1) is 6.92 Å². The van der Waals surface area contributed by atoms with E-state index in [2.05, 4.69) is 10.3 Å². The summed E-state index contributed by atoms with van der Waals surface area (Å²) in [5.74, 6) is 0.433. The number of hydrogen-bond acceptors (Lipinski definition) is 3. The summed E-state index contributed by atoms with van der Waals surface area (Å²) in [4.78, 5) is 16.5. The summed E-state index contributed by atoms with van der Waals surface area (Å²) in [7, 11) is 0. The van der Waals surface area contributed by atoms with Crippen LogP contribution < -0.4 is 5.32 Å². The number of hydrogen-bond donors (Lipinski definition) is 1. The maximum Gasteiger partial charge on any atom is 0.255 e. The van der Waals surface area contributed by atoms with Gasteiger partial charge in [-0.3, -0.25) is 4.79 Å². The number of aromatic nitrogens is 1. The molecular formula is C17H16N2O2. The fraction of sp³-hybridized carbons (Fsp3) is 0.176. The van der Waals surface area contributed by atoms with E-state index in [1.165, 1.54) is 5.56 Å². The first-order valence-corrected chi connectivity index (χ1v) is 6.92. The summed E-state index contributed by atoms with van der Waals surface area (Å²) in [5, 5.41) is 2.92. The molecule has 0 unspecified atom stereocenters. The average molecular weight is 280 g/mol. The van der Waals surface area contributed by atoms with Gasteiger partial charge in [0.1, 0.15) is 5.52 Å². The van der Waals surface area contributed by atoms with E-state index in [9.17, 15) is 4.79 Å². The van der Waals surface area contributed by atoms with Crippen molar-refractivity contribution in [1.29, 1.82) is 0 Å². The quantitative estimate of drug-likeness (QED) is 0.799. The predicted molar refractivity (Wildman–Crippen MR) is 81.2 cm³/mol. The highest BCUT2D eigenvalue weighted by Crippen LogP contribution is 2.19. The predicted octanol–water partition coefficient (Wildman–Crippen LogP) is 3.11. The van der Waals surface area contributed by atoms with Crippen LogP contribution in [0.15, 0.2) is 52.9 Å². The highest BCUT2D eigenvalue weighted by atomic mass is 16.3. The maximum absolute atomic E-state index is 12.3. The Morgan fingerprint density at radius 3 is 2.76 bits per heavy atom. The van der Waals surface area contributed by atoms with Crippen LogP contribution >= 0.6 is 0 Å². The topological polar surface area (TPSA) is 55.1 Å². The zero-order valence-electron chi connectivity index (χ0n) is 11.8. The smallest absolute Gasteiger partial charge is 0.255 e. The van der Waals surface area contributed by atoms with E-state index in [1.807, 2.05) is 42.5 Å². The number of nitrogens with one attached hydrogen (secondary N) is 1. The second kappa shape index (κ2) is 5.79. The molecule has 0 aliphatic rings. The Hall–Kier alpha value is -2.62. The van der Waals surface area contributed by atoms with Gasteiger partial charge >= 0.3 is 0 Å². The van der Waals surface area contributed by atoms with Gasteiger partial charge in [0.15, 0.2) is 11.5 Å². The molecule has 0 spiro atoms. The first kappa shape index (κ1) is 13.4. The number of amides is 1. The van der Waals surface area contributed by atoms with Gasteiger partial charge in [0.05, 0.1) is 5.56 Å². The number of nitrogens with zero attached hydrogens (tertiary/aromatic N) is 1. The zero-order chi connectivity index (χ0) is 14.7.